The lowest BCUT2D eigenvalue weighted by atomic mass is 10.2. The fourth-order valence-corrected chi connectivity index (χ4v) is 2.94. The first kappa shape index (κ1) is 16.4. The van der Waals surface area contributed by atoms with Crippen molar-refractivity contribution >= 4 is 17.7 Å². The quantitative estimate of drug-likeness (QED) is 0.627. The second-order valence-corrected chi connectivity index (χ2v) is 6.04. The Morgan fingerprint density at radius 3 is 2.95 bits per heavy atom. The minimum atomic E-state index is -0.257. The molecule has 0 aromatic carbocycles. The van der Waals surface area contributed by atoms with E-state index in [1.165, 1.54) is 11.8 Å². The highest BCUT2D eigenvalue weighted by Crippen LogP contribution is 2.28. The lowest BCUT2D eigenvalue weighted by Crippen LogP contribution is -2.31. The number of aryl methyl sites for hydroxylation is 1. The third-order valence-corrected chi connectivity index (χ3v) is 4.29. The van der Waals surface area contributed by atoms with Crippen LogP contribution in [0.2, 0.25) is 0 Å². The first-order chi connectivity index (χ1) is 10.6. The highest BCUT2D eigenvalue weighted by atomic mass is 32.2. The Labute approximate surface area is 134 Å². The van der Waals surface area contributed by atoms with Gasteiger partial charge in [-0.05, 0) is 26.8 Å². The number of carbonyl (C=O) groups is 1. The topological polar surface area (TPSA) is 73.0 Å². The van der Waals surface area contributed by atoms with Crippen molar-refractivity contribution in [1.29, 1.82) is 0 Å². The molecule has 0 bridgehead atoms. The summed E-state index contributed by atoms with van der Waals surface area (Å²) in [6.45, 7) is 10.5. The van der Waals surface area contributed by atoms with E-state index in [0.717, 1.165) is 28.8 Å². The molecule has 0 saturated carbocycles. The van der Waals surface area contributed by atoms with Gasteiger partial charge >= 0.3 is 0 Å². The number of nitrogens with zero attached hydrogens (tertiary/aromatic N) is 3. The molecule has 1 unspecified atom stereocenters. The number of thioether (sulfide) groups is 1. The zero-order valence-corrected chi connectivity index (χ0v) is 13.8. The van der Waals surface area contributed by atoms with Gasteiger partial charge in [0.25, 0.3) is 0 Å². The molecule has 0 radical (unpaired) electrons. The lowest BCUT2D eigenvalue weighted by Gasteiger charge is -2.11. The minimum Gasteiger partial charge on any atom is -0.469 e. The average molecular weight is 320 g/mol. The Balaban J connectivity index is 2.19. The standard InChI is InChI=1S/C15H20N4O2S/c1-5-8-16-14(20)11(4)22-15-18-17-13(19(15)6-2)12-7-9-21-10(12)3/h5,7,9,11H,1,6,8H2,2-4H3,(H,16,20). The maximum absolute atomic E-state index is 11.9. The maximum atomic E-state index is 11.9. The molecule has 6 nitrogen and oxygen atoms in total. The summed E-state index contributed by atoms with van der Waals surface area (Å²) in [6.07, 6.45) is 3.29. The number of rotatable bonds is 7. The van der Waals surface area contributed by atoms with Crippen molar-refractivity contribution in [1.82, 2.24) is 20.1 Å². The van der Waals surface area contributed by atoms with Gasteiger partial charge in [-0.1, -0.05) is 17.8 Å². The van der Waals surface area contributed by atoms with Crippen molar-refractivity contribution < 1.29 is 9.21 Å². The zero-order valence-electron chi connectivity index (χ0n) is 13.0. The van der Waals surface area contributed by atoms with Crippen LogP contribution in [0.1, 0.15) is 19.6 Å². The summed E-state index contributed by atoms with van der Waals surface area (Å²) in [7, 11) is 0. The Hall–Kier alpha value is -2.02. The monoisotopic (exact) mass is 320 g/mol. The number of hydrogen-bond acceptors (Lipinski definition) is 5. The molecule has 0 fully saturated rings. The molecule has 22 heavy (non-hydrogen) atoms. The fraction of sp³-hybridized carbons (Fsp3) is 0.400. The molecule has 118 valence electrons. The van der Waals surface area contributed by atoms with Crippen LogP contribution >= 0.6 is 11.8 Å². The molecule has 1 amide bonds. The van der Waals surface area contributed by atoms with Gasteiger partial charge in [-0.2, -0.15) is 0 Å². The minimum absolute atomic E-state index is 0.0448. The second kappa shape index (κ2) is 7.31. The van der Waals surface area contributed by atoms with Gasteiger partial charge in [-0.25, -0.2) is 0 Å². The van der Waals surface area contributed by atoms with E-state index >= 15 is 0 Å². The van der Waals surface area contributed by atoms with E-state index in [0.29, 0.717) is 6.54 Å². The normalized spacial score (nSPS) is 12.1. The second-order valence-electron chi connectivity index (χ2n) is 4.73. The van der Waals surface area contributed by atoms with Crippen molar-refractivity contribution in [3.8, 4) is 11.4 Å². The van der Waals surface area contributed by atoms with Crippen molar-refractivity contribution in [3.05, 3.63) is 30.7 Å². The van der Waals surface area contributed by atoms with Crippen molar-refractivity contribution in [3.63, 3.8) is 0 Å². The molecule has 0 spiro atoms. The van der Waals surface area contributed by atoms with Crippen LogP contribution in [-0.4, -0.2) is 32.5 Å². The lowest BCUT2D eigenvalue weighted by molar-refractivity contribution is -0.120. The van der Waals surface area contributed by atoms with Gasteiger partial charge in [0.05, 0.1) is 17.1 Å². The summed E-state index contributed by atoms with van der Waals surface area (Å²) >= 11 is 1.39. The third kappa shape index (κ3) is 3.41. The number of hydrogen-bond donors (Lipinski definition) is 1. The molecule has 2 aromatic heterocycles. The van der Waals surface area contributed by atoms with Crippen LogP contribution in [0.15, 0.2) is 34.6 Å². The van der Waals surface area contributed by atoms with E-state index in [4.69, 9.17) is 4.42 Å². The van der Waals surface area contributed by atoms with Crippen molar-refractivity contribution in [2.75, 3.05) is 6.54 Å². The van der Waals surface area contributed by atoms with E-state index in [9.17, 15) is 4.79 Å². The van der Waals surface area contributed by atoms with Gasteiger partial charge in [0.2, 0.25) is 5.91 Å². The molecular weight excluding hydrogens is 300 g/mol. The fourth-order valence-electron chi connectivity index (χ4n) is 2.01. The SMILES string of the molecule is C=CCNC(=O)C(C)Sc1nnc(-c2ccoc2C)n1CC. The maximum Gasteiger partial charge on any atom is 0.233 e. The molecule has 7 heteroatoms. The van der Waals surface area contributed by atoms with Gasteiger partial charge in [0, 0.05) is 13.1 Å². The van der Waals surface area contributed by atoms with E-state index in [-0.39, 0.29) is 11.2 Å². The summed E-state index contributed by atoms with van der Waals surface area (Å²) in [5.74, 6) is 1.52. The van der Waals surface area contributed by atoms with Crippen LogP contribution in [0, 0.1) is 6.92 Å². The van der Waals surface area contributed by atoms with Gasteiger partial charge < -0.3 is 14.3 Å². The van der Waals surface area contributed by atoms with Crippen LogP contribution in [0.25, 0.3) is 11.4 Å². The number of aromatic nitrogens is 3. The van der Waals surface area contributed by atoms with E-state index in [1.807, 2.05) is 31.4 Å². The first-order valence-corrected chi connectivity index (χ1v) is 7.99. The summed E-state index contributed by atoms with van der Waals surface area (Å²) in [6, 6.07) is 1.88. The molecule has 2 aromatic rings. The molecular formula is C15H20N4O2S. The molecule has 1 N–H and O–H groups in total. The largest absolute Gasteiger partial charge is 0.469 e. The molecule has 0 saturated heterocycles. The van der Waals surface area contributed by atoms with Crippen LogP contribution in [0.3, 0.4) is 0 Å². The van der Waals surface area contributed by atoms with Crippen LogP contribution in [0.4, 0.5) is 0 Å². The predicted molar refractivity (Wildman–Crippen MR) is 86.7 cm³/mol. The number of furan rings is 1. The molecule has 2 heterocycles. The van der Waals surface area contributed by atoms with Crippen molar-refractivity contribution in [2.45, 2.75) is 37.7 Å². The highest BCUT2D eigenvalue weighted by Gasteiger charge is 2.21. The van der Waals surface area contributed by atoms with Gasteiger partial charge in [-0.3, -0.25) is 4.79 Å². The summed E-state index contributed by atoms with van der Waals surface area (Å²) in [5, 5.41) is 11.7. The number of amides is 1. The Morgan fingerprint density at radius 1 is 1.59 bits per heavy atom. The number of carbonyl (C=O) groups excluding carboxylic acids is 1. The molecule has 0 aliphatic heterocycles. The molecule has 1 atom stereocenters. The average Bonchev–Trinajstić information content (AvgIpc) is 3.10. The van der Waals surface area contributed by atoms with Gasteiger partial charge in [-0.15, -0.1) is 16.8 Å². The van der Waals surface area contributed by atoms with Crippen molar-refractivity contribution in [2.24, 2.45) is 0 Å². The summed E-state index contributed by atoms with van der Waals surface area (Å²) in [5.41, 5.74) is 0.921. The highest BCUT2D eigenvalue weighted by molar-refractivity contribution is 8.00. The Kier molecular flexibility index (Phi) is 5.43. The van der Waals surface area contributed by atoms with E-state index in [2.05, 4.69) is 22.1 Å². The molecule has 0 aliphatic carbocycles. The predicted octanol–water partition coefficient (Wildman–Crippen LogP) is 2.65. The Bertz CT molecular complexity index is 662. The van der Waals surface area contributed by atoms with Gasteiger partial charge in [0.15, 0.2) is 11.0 Å². The van der Waals surface area contributed by atoms with Gasteiger partial charge in [0.1, 0.15) is 5.76 Å². The Morgan fingerprint density at radius 2 is 2.36 bits per heavy atom. The van der Waals surface area contributed by atoms with Crippen LogP contribution in [0.5, 0.6) is 0 Å². The summed E-state index contributed by atoms with van der Waals surface area (Å²) in [4.78, 5) is 11.9. The summed E-state index contributed by atoms with van der Waals surface area (Å²) < 4.78 is 7.32. The number of nitrogens with one attached hydrogen (secondary N) is 1. The smallest absolute Gasteiger partial charge is 0.233 e. The first-order valence-electron chi connectivity index (χ1n) is 7.11. The van der Waals surface area contributed by atoms with E-state index < -0.39 is 0 Å². The molecule has 2 rings (SSSR count). The van der Waals surface area contributed by atoms with E-state index in [1.54, 1.807) is 12.3 Å². The molecule has 0 aliphatic rings. The zero-order chi connectivity index (χ0) is 16.1. The third-order valence-electron chi connectivity index (χ3n) is 3.20. The van der Waals surface area contributed by atoms with Crippen LogP contribution < -0.4 is 5.32 Å². The van der Waals surface area contributed by atoms with Crippen LogP contribution in [-0.2, 0) is 11.3 Å².